The fourth-order valence-corrected chi connectivity index (χ4v) is 7.43. The lowest BCUT2D eigenvalue weighted by molar-refractivity contribution is 0.666. The van der Waals surface area contributed by atoms with Crippen LogP contribution in [0.1, 0.15) is 0 Å². The van der Waals surface area contributed by atoms with Gasteiger partial charge in [-0.25, -0.2) is 4.98 Å². The molecule has 0 amide bonds. The van der Waals surface area contributed by atoms with Crippen LogP contribution in [-0.2, 0) is 0 Å². The molecular formula is C42H23N3O2. The van der Waals surface area contributed by atoms with Gasteiger partial charge in [0.15, 0.2) is 5.58 Å². The first kappa shape index (κ1) is 24.8. The zero-order valence-electron chi connectivity index (χ0n) is 24.9. The van der Waals surface area contributed by atoms with Gasteiger partial charge in [-0.1, -0.05) is 78.9 Å². The van der Waals surface area contributed by atoms with Crippen LogP contribution in [0.3, 0.4) is 0 Å². The number of rotatable bonds is 2. The second kappa shape index (κ2) is 9.05. The Kier molecular flexibility index (Phi) is 4.78. The summed E-state index contributed by atoms with van der Waals surface area (Å²) in [5.41, 5.74) is 10.6. The average molecular weight is 602 g/mol. The Balaban J connectivity index is 1.11. The van der Waals surface area contributed by atoms with E-state index in [4.69, 9.17) is 18.8 Å². The zero-order valence-corrected chi connectivity index (χ0v) is 24.9. The number of imidazole rings is 1. The molecule has 6 aromatic carbocycles. The second-order valence-electron chi connectivity index (χ2n) is 12.2. The number of nitrogens with zero attached hydrogens (tertiary/aromatic N) is 3. The minimum Gasteiger partial charge on any atom is -0.456 e. The molecule has 0 aliphatic heterocycles. The molecule has 11 rings (SSSR count). The number of furan rings is 2. The average Bonchev–Trinajstić information content (AvgIpc) is 3.81. The lowest BCUT2D eigenvalue weighted by Crippen LogP contribution is -1.89. The topological polar surface area (TPSA) is 56.5 Å². The number of pyridine rings is 2. The SMILES string of the molecule is c1ccc2c(c1)oc1cc(-c3ccnc(-c4ccc5c(c4)c4ccccc4c4nc6cc7c(cn6c54)oc4ccccc47)c3)ccc12. The molecule has 11 aromatic rings. The molecule has 0 N–H and O–H groups in total. The molecule has 218 valence electrons. The molecule has 5 nitrogen and oxygen atoms in total. The third kappa shape index (κ3) is 3.48. The number of aromatic nitrogens is 3. The summed E-state index contributed by atoms with van der Waals surface area (Å²) < 4.78 is 14.6. The smallest absolute Gasteiger partial charge is 0.152 e. The predicted octanol–water partition coefficient (Wildman–Crippen LogP) is 11.3. The first-order valence-corrected chi connectivity index (χ1v) is 15.7. The van der Waals surface area contributed by atoms with Gasteiger partial charge in [0.2, 0.25) is 0 Å². The Bertz CT molecular complexity index is 3090. The van der Waals surface area contributed by atoms with Crippen molar-refractivity contribution in [2.24, 2.45) is 0 Å². The van der Waals surface area contributed by atoms with E-state index >= 15 is 0 Å². The van der Waals surface area contributed by atoms with Crippen molar-refractivity contribution in [3.63, 3.8) is 0 Å². The molecule has 0 aliphatic carbocycles. The molecule has 47 heavy (non-hydrogen) atoms. The highest BCUT2D eigenvalue weighted by Gasteiger charge is 2.18. The van der Waals surface area contributed by atoms with Crippen LogP contribution in [0.5, 0.6) is 0 Å². The monoisotopic (exact) mass is 601 g/mol. The molecule has 0 radical (unpaired) electrons. The quantitative estimate of drug-likeness (QED) is 0.185. The molecule has 0 fully saturated rings. The maximum atomic E-state index is 6.28. The van der Waals surface area contributed by atoms with Gasteiger partial charge >= 0.3 is 0 Å². The van der Waals surface area contributed by atoms with Crippen LogP contribution in [0, 0.1) is 0 Å². The summed E-state index contributed by atoms with van der Waals surface area (Å²) in [6, 6.07) is 44.4. The van der Waals surface area contributed by atoms with Crippen LogP contribution >= 0.6 is 0 Å². The summed E-state index contributed by atoms with van der Waals surface area (Å²) in [6.07, 6.45) is 3.98. The van der Waals surface area contributed by atoms with E-state index in [2.05, 4.69) is 102 Å². The second-order valence-corrected chi connectivity index (χ2v) is 12.2. The molecule has 5 heteroatoms. The highest BCUT2D eigenvalue weighted by Crippen LogP contribution is 2.39. The van der Waals surface area contributed by atoms with Gasteiger partial charge in [-0.15, -0.1) is 0 Å². The van der Waals surface area contributed by atoms with E-state index in [0.29, 0.717) is 0 Å². The van der Waals surface area contributed by atoms with Crippen LogP contribution in [0.2, 0.25) is 0 Å². The van der Waals surface area contributed by atoms with Crippen molar-refractivity contribution >= 4 is 82.1 Å². The summed E-state index contributed by atoms with van der Waals surface area (Å²) in [5.74, 6) is 0. The summed E-state index contributed by atoms with van der Waals surface area (Å²) >= 11 is 0. The first-order valence-electron chi connectivity index (χ1n) is 15.7. The van der Waals surface area contributed by atoms with Crippen molar-refractivity contribution in [2.75, 3.05) is 0 Å². The molecule has 0 unspecified atom stereocenters. The number of hydrogen-bond donors (Lipinski definition) is 0. The molecule has 0 spiro atoms. The Labute approximate surface area is 266 Å². The van der Waals surface area contributed by atoms with Crippen molar-refractivity contribution in [1.29, 1.82) is 0 Å². The van der Waals surface area contributed by atoms with Gasteiger partial charge in [0.1, 0.15) is 22.4 Å². The number of benzene rings is 6. The summed E-state index contributed by atoms with van der Waals surface area (Å²) in [6.45, 7) is 0. The molecule has 0 aliphatic rings. The van der Waals surface area contributed by atoms with Crippen LogP contribution in [0.4, 0.5) is 0 Å². The van der Waals surface area contributed by atoms with Crippen LogP contribution in [0.25, 0.3) is 104 Å². The van der Waals surface area contributed by atoms with Gasteiger partial charge < -0.3 is 8.83 Å². The predicted molar refractivity (Wildman–Crippen MR) is 191 cm³/mol. The highest BCUT2D eigenvalue weighted by molar-refractivity contribution is 6.25. The number of fused-ring (bicyclic) bond motifs is 14. The van der Waals surface area contributed by atoms with Gasteiger partial charge in [-0.05, 0) is 70.4 Å². The van der Waals surface area contributed by atoms with Gasteiger partial charge in [-0.2, -0.15) is 0 Å². The van der Waals surface area contributed by atoms with Crippen molar-refractivity contribution in [2.45, 2.75) is 0 Å². The van der Waals surface area contributed by atoms with Gasteiger partial charge in [0, 0.05) is 44.1 Å². The Morgan fingerprint density at radius 3 is 1.96 bits per heavy atom. The summed E-state index contributed by atoms with van der Waals surface area (Å²) in [5, 5.41) is 9.02. The van der Waals surface area contributed by atoms with E-state index < -0.39 is 0 Å². The normalized spacial score (nSPS) is 12.3. The molecular weight excluding hydrogens is 578 g/mol. The van der Waals surface area contributed by atoms with Crippen LogP contribution in [0.15, 0.2) is 149 Å². The Morgan fingerprint density at radius 2 is 1.11 bits per heavy atom. The Hall–Kier alpha value is -6.46. The maximum Gasteiger partial charge on any atom is 0.152 e. The molecule has 0 bridgehead atoms. The van der Waals surface area contributed by atoms with Crippen molar-refractivity contribution in [3.05, 3.63) is 140 Å². The maximum absolute atomic E-state index is 6.28. The van der Waals surface area contributed by atoms with E-state index in [1.807, 2.05) is 42.6 Å². The van der Waals surface area contributed by atoms with E-state index in [9.17, 15) is 0 Å². The van der Waals surface area contributed by atoms with E-state index in [1.165, 1.54) is 5.39 Å². The summed E-state index contributed by atoms with van der Waals surface area (Å²) in [7, 11) is 0. The minimum atomic E-state index is 0.845. The van der Waals surface area contributed by atoms with Crippen LogP contribution < -0.4 is 0 Å². The molecule has 0 saturated heterocycles. The fourth-order valence-electron chi connectivity index (χ4n) is 7.43. The third-order valence-corrected chi connectivity index (χ3v) is 9.64. The largest absolute Gasteiger partial charge is 0.456 e. The minimum absolute atomic E-state index is 0.845. The van der Waals surface area contributed by atoms with Crippen LogP contribution in [-0.4, -0.2) is 14.4 Å². The molecule has 5 heterocycles. The standard InChI is InChI=1S/C42H23N3O2/c1-2-10-31-27(7-1)33-19-26(35-20-25(17-18-43-35)24-13-15-30-28-8-3-5-11-36(28)46-38(30)21-24)14-16-32(33)42-41(31)44-40-22-34-29-9-4-6-12-37(29)47-39(34)23-45(40)42/h1-23H. The molecule has 0 saturated carbocycles. The van der Waals surface area contributed by atoms with Gasteiger partial charge in [-0.3, -0.25) is 9.38 Å². The lowest BCUT2D eigenvalue weighted by Gasteiger charge is -2.10. The van der Waals surface area contributed by atoms with E-state index in [1.54, 1.807) is 0 Å². The van der Waals surface area contributed by atoms with Crippen molar-refractivity contribution in [3.8, 4) is 22.4 Å². The number of para-hydroxylation sites is 2. The van der Waals surface area contributed by atoms with Crippen molar-refractivity contribution < 1.29 is 8.83 Å². The number of hydrogen-bond acceptors (Lipinski definition) is 4. The molecule has 5 aromatic heterocycles. The fraction of sp³-hybridized carbons (Fsp3) is 0. The van der Waals surface area contributed by atoms with E-state index in [0.717, 1.165) is 99.1 Å². The first-order chi connectivity index (χ1) is 23.3. The highest BCUT2D eigenvalue weighted by atomic mass is 16.3. The van der Waals surface area contributed by atoms with E-state index in [-0.39, 0.29) is 0 Å². The lowest BCUT2D eigenvalue weighted by atomic mass is 9.96. The molecule has 0 atom stereocenters. The van der Waals surface area contributed by atoms with Crippen molar-refractivity contribution in [1.82, 2.24) is 14.4 Å². The van der Waals surface area contributed by atoms with Gasteiger partial charge in [0.05, 0.1) is 22.9 Å². The summed E-state index contributed by atoms with van der Waals surface area (Å²) in [4.78, 5) is 10.0. The van der Waals surface area contributed by atoms with Gasteiger partial charge in [0.25, 0.3) is 0 Å². The Morgan fingerprint density at radius 1 is 0.447 bits per heavy atom. The zero-order chi connectivity index (χ0) is 30.6. The third-order valence-electron chi connectivity index (χ3n) is 9.64.